The SMILES string of the molecule is CNCCN(C)CC(=O)Nc1c(Br)cc(Br)cc1Br. The van der Waals surface area contributed by atoms with Crippen LogP contribution in [0.5, 0.6) is 0 Å². The minimum Gasteiger partial charge on any atom is -0.323 e. The number of likely N-dealkylation sites (N-methyl/N-ethyl adjacent to an activating group) is 2. The van der Waals surface area contributed by atoms with Crippen molar-refractivity contribution >= 4 is 59.4 Å². The Balaban J connectivity index is 2.62. The summed E-state index contributed by atoms with van der Waals surface area (Å²) in [5.41, 5.74) is 0.746. The molecular formula is C12H16Br3N3O. The lowest BCUT2D eigenvalue weighted by Crippen LogP contribution is -2.34. The van der Waals surface area contributed by atoms with E-state index in [1.165, 1.54) is 0 Å². The van der Waals surface area contributed by atoms with E-state index in [9.17, 15) is 4.79 Å². The fourth-order valence-electron chi connectivity index (χ4n) is 1.47. The number of halogens is 3. The average molecular weight is 458 g/mol. The second kappa shape index (κ2) is 8.36. The Hall–Kier alpha value is 0.0500. The van der Waals surface area contributed by atoms with E-state index in [0.29, 0.717) is 6.54 Å². The molecule has 0 aliphatic heterocycles. The number of nitrogens with one attached hydrogen (secondary N) is 2. The van der Waals surface area contributed by atoms with Crippen LogP contribution in [0.4, 0.5) is 5.69 Å². The standard InChI is InChI=1S/C12H16Br3N3O/c1-16-3-4-18(2)7-11(19)17-12-9(14)5-8(13)6-10(12)15/h5-6,16H,3-4,7H2,1-2H3,(H,17,19). The molecule has 0 saturated heterocycles. The van der Waals surface area contributed by atoms with Gasteiger partial charge in [0.05, 0.1) is 12.2 Å². The fourth-order valence-corrected chi connectivity index (χ4v) is 3.92. The van der Waals surface area contributed by atoms with Crippen molar-refractivity contribution in [3.63, 3.8) is 0 Å². The Kier molecular flexibility index (Phi) is 7.53. The lowest BCUT2D eigenvalue weighted by atomic mass is 10.3. The van der Waals surface area contributed by atoms with Gasteiger partial charge in [-0.15, -0.1) is 0 Å². The monoisotopic (exact) mass is 455 g/mol. The van der Waals surface area contributed by atoms with Gasteiger partial charge in [0, 0.05) is 26.5 Å². The molecule has 106 valence electrons. The molecule has 0 atom stereocenters. The first kappa shape index (κ1) is 17.1. The predicted molar refractivity (Wildman–Crippen MR) is 89.6 cm³/mol. The molecule has 0 saturated carbocycles. The summed E-state index contributed by atoms with van der Waals surface area (Å²) in [6.45, 7) is 2.04. The highest BCUT2D eigenvalue weighted by molar-refractivity contribution is 9.11. The third kappa shape index (κ3) is 5.91. The smallest absolute Gasteiger partial charge is 0.238 e. The molecule has 2 N–H and O–H groups in total. The number of amides is 1. The van der Waals surface area contributed by atoms with E-state index in [1.807, 2.05) is 31.1 Å². The van der Waals surface area contributed by atoms with Crippen LogP contribution in [0.25, 0.3) is 0 Å². The van der Waals surface area contributed by atoms with Crippen LogP contribution in [0, 0.1) is 0 Å². The number of carbonyl (C=O) groups is 1. The van der Waals surface area contributed by atoms with Gasteiger partial charge < -0.3 is 10.6 Å². The van der Waals surface area contributed by atoms with Crippen molar-refractivity contribution in [3.05, 3.63) is 25.6 Å². The number of nitrogens with zero attached hydrogens (tertiary/aromatic N) is 1. The van der Waals surface area contributed by atoms with E-state index in [-0.39, 0.29) is 5.91 Å². The molecule has 0 unspecified atom stereocenters. The fraction of sp³-hybridized carbons (Fsp3) is 0.417. The van der Waals surface area contributed by atoms with E-state index < -0.39 is 0 Å². The zero-order chi connectivity index (χ0) is 14.4. The molecule has 0 aliphatic carbocycles. The second-order valence-electron chi connectivity index (χ2n) is 4.13. The summed E-state index contributed by atoms with van der Waals surface area (Å²) in [6.07, 6.45) is 0. The summed E-state index contributed by atoms with van der Waals surface area (Å²) in [6, 6.07) is 3.79. The van der Waals surface area contributed by atoms with Crippen LogP contribution in [0.3, 0.4) is 0 Å². The van der Waals surface area contributed by atoms with Gasteiger partial charge in [0.2, 0.25) is 5.91 Å². The molecule has 0 heterocycles. The molecule has 1 rings (SSSR count). The van der Waals surface area contributed by atoms with Gasteiger partial charge in [-0.1, -0.05) is 15.9 Å². The van der Waals surface area contributed by atoms with Crippen molar-refractivity contribution in [2.75, 3.05) is 39.0 Å². The van der Waals surface area contributed by atoms with E-state index in [1.54, 1.807) is 0 Å². The molecule has 1 aromatic carbocycles. The molecule has 0 aromatic heterocycles. The quantitative estimate of drug-likeness (QED) is 0.690. The highest BCUT2D eigenvalue weighted by Crippen LogP contribution is 2.34. The van der Waals surface area contributed by atoms with E-state index in [0.717, 1.165) is 32.2 Å². The molecule has 1 aromatic rings. The van der Waals surface area contributed by atoms with Gasteiger partial charge in [-0.3, -0.25) is 9.69 Å². The third-order valence-electron chi connectivity index (χ3n) is 2.43. The molecular weight excluding hydrogens is 442 g/mol. The maximum atomic E-state index is 11.9. The summed E-state index contributed by atoms with van der Waals surface area (Å²) < 4.78 is 2.61. The molecule has 0 spiro atoms. The largest absolute Gasteiger partial charge is 0.323 e. The van der Waals surface area contributed by atoms with Crippen molar-refractivity contribution < 1.29 is 4.79 Å². The minimum absolute atomic E-state index is 0.0395. The molecule has 7 heteroatoms. The summed E-state index contributed by atoms with van der Waals surface area (Å²) in [5.74, 6) is -0.0395. The molecule has 0 fully saturated rings. The lowest BCUT2D eigenvalue weighted by Gasteiger charge is -2.17. The Morgan fingerprint density at radius 2 is 1.84 bits per heavy atom. The first-order valence-corrected chi connectivity index (χ1v) is 8.09. The van der Waals surface area contributed by atoms with Crippen molar-refractivity contribution in [2.45, 2.75) is 0 Å². The van der Waals surface area contributed by atoms with Crippen LogP contribution in [-0.2, 0) is 4.79 Å². The number of rotatable bonds is 6. The van der Waals surface area contributed by atoms with Crippen LogP contribution in [0.1, 0.15) is 0 Å². The minimum atomic E-state index is -0.0395. The van der Waals surface area contributed by atoms with Gasteiger partial charge in [-0.25, -0.2) is 0 Å². The summed E-state index contributed by atoms with van der Waals surface area (Å²) in [5, 5.41) is 5.95. The molecule has 19 heavy (non-hydrogen) atoms. The third-order valence-corrected chi connectivity index (χ3v) is 4.14. The van der Waals surface area contributed by atoms with Gasteiger partial charge in [-0.05, 0) is 58.1 Å². The summed E-state index contributed by atoms with van der Waals surface area (Å²) in [7, 11) is 3.81. The number of carbonyl (C=O) groups excluding carboxylic acids is 1. The predicted octanol–water partition coefficient (Wildman–Crippen LogP) is 3.06. The second-order valence-corrected chi connectivity index (χ2v) is 6.76. The highest BCUT2D eigenvalue weighted by Gasteiger charge is 2.12. The summed E-state index contributed by atoms with van der Waals surface area (Å²) >= 11 is 10.3. The highest BCUT2D eigenvalue weighted by atomic mass is 79.9. The van der Waals surface area contributed by atoms with Gasteiger partial charge in [0.15, 0.2) is 0 Å². The maximum absolute atomic E-state index is 11.9. The van der Waals surface area contributed by atoms with Crippen molar-refractivity contribution in [1.29, 1.82) is 0 Å². The van der Waals surface area contributed by atoms with E-state index in [4.69, 9.17) is 0 Å². The van der Waals surface area contributed by atoms with Crippen molar-refractivity contribution in [2.24, 2.45) is 0 Å². The van der Waals surface area contributed by atoms with E-state index in [2.05, 4.69) is 58.4 Å². The first-order chi connectivity index (χ1) is 8.93. The molecule has 0 aliphatic rings. The zero-order valence-electron chi connectivity index (χ0n) is 10.8. The first-order valence-electron chi connectivity index (χ1n) is 5.71. The summed E-state index contributed by atoms with van der Waals surface area (Å²) in [4.78, 5) is 13.9. The van der Waals surface area contributed by atoms with Crippen LogP contribution in [0.2, 0.25) is 0 Å². The van der Waals surface area contributed by atoms with Crippen LogP contribution in [-0.4, -0.2) is 44.5 Å². The van der Waals surface area contributed by atoms with Gasteiger partial charge in [0.25, 0.3) is 0 Å². The normalized spacial score (nSPS) is 10.8. The maximum Gasteiger partial charge on any atom is 0.238 e. The Bertz CT molecular complexity index is 431. The Morgan fingerprint density at radius 1 is 1.26 bits per heavy atom. The number of hydrogen-bond acceptors (Lipinski definition) is 3. The average Bonchev–Trinajstić information content (AvgIpc) is 2.31. The lowest BCUT2D eigenvalue weighted by molar-refractivity contribution is -0.117. The Morgan fingerprint density at radius 3 is 2.37 bits per heavy atom. The van der Waals surface area contributed by atoms with Crippen LogP contribution in [0.15, 0.2) is 25.6 Å². The molecule has 1 amide bonds. The topological polar surface area (TPSA) is 44.4 Å². The van der Waals surface area contributed by atoms with Crippen molar-refractivity contribution in [1.82, 2.24) is 10.2 Å². The molecule has 0 radical (unpaired) electrons. The molecule has 4 nitrogen and oxygen atoms in total. The molecule has 0 bridgehead atoms. The van der Waals surface area contributed by atoms with Gasteiger partial charge in [0.1, 0.15) is 0 Å². The van der Waals surface area contributed by atoms with Gasteiger partial charge >= 0.3 is 0 Å². The zero-order valence-corrected chi connectivity index (χ0v) is 15.5. The number of hydrogen-bond donors (Lipinski definition) is 2. The van der Waals surface area contributed by atoms with E-state index >= 15 is 0 Å². The van der Waals surface area contributed by atoms with Gasteiger partial charge in [-0.2, -0.15) is 0 Å². The number of anilines is 1. The Labute approximate surface area is 138 Å². The van der Waals surface area contributed by atoms with Crippen LogP contribution < -0.4 is 10.6 Å². The number of benzene rings is 1. The van der Waals surface area contributed by atoms with Crippen molar-refractivity contribution in [3.8, 4) is 0 Å². The van der Waals surface area contributed by atoms with Crippen LogP contribution >= 0.6 is 47.8 Å².